The number of aromatic hydroxyl groups is 1. The number of methoxy groups -OCH3 is 1. The maximum Gasteiger partial charge on any atom is 0.341 e. The van der Waals surface area contributed by atoms with Crippen molar-refractivity contribution < 1.29 is 19.4 Å². The summed E-state index contributed by atoms with van der Waals surface area (Å²) in [4.78, 5) is 23.5. The van der Waals surface area contributed by atoms with Crippen molar-refractivity contribution >= 4 is 17.6 Å². The number of hydrogen-bond acceptors (Lipinski definition) is 4. The average molecular weight is 279 g/mol. The van der Waals surface area contributed by atoms with Crippen LogP contribution in [0, 0.1) is 11.8 Å². The summed E-state index contributed by atoms with van der Waals surface area (Å²) in [5.74, 6) is -0.620. The number of nitrogens with one attached hydrogen (secondary N) is 1. The molecule has 0 aliphatic carbocycles. The standard InChI is InChI=1S/C15H21NO4/c1-9(2)7-10(3)14(18)16-11-5-6-13(17)12(8-11)15(19)20-4/h5-6,8-10,17H,7H2,1-4H3,(H,16,18). The van der Waals surface area contributed by atoms with Crippen molar-refractivity contribution in [3.8, 4) is 5.75 Å². The largest absolute Gasteiger partial charge is 0.507 e. The van der Waals surface area contributed by atoms with Gasteiger partial charge in [-0.25, -0.2) is 4.79 Å². The Morgan fingerprint density at radius 1 is 1.30 bits per heavy atom. The van der Waals surface area contributed by atoms with E-state index in [-0.39, 0.29) is 23.1 Å². The monoisotopic (exact) mass is 279 g/mol. The van der Waals surface area contributed by atoms with Crippen LogP contribution in [-0.4, -0.2) is 24.1 Å². The Morgan fingerprint density at radius 3 is 2.50 bits per heavy atom. The van der Waals surface area contributed by atoms with E-state index in [0.29, 0.717) is 11.6 Å². The van der Waals surface area contributed by atoms with Crippen LogP contribution in [0.15, 0.2) is 18.2 Å². The Labute approximate surface area is 118 Å². The number of carbonyl (C=O) groups is 2. The minimum atomic E-state index is -0.645. The molecule has 0 saturated heterocycles. The molecule has 2 N–H and O–H groups in total. The van der Waals surface area contributed by atoms with E-state index in [2.05, 4.69) is 23.9 Å². The first-order valence-corrected chi connectivity index (χ1v) is 6.57. The van der Waals surface area contributed by atoms with Gasteiger partial charge in [-0.2, -0.15) is 0 Å². The zero-order chi connectivity index (χ0) is 15.3. The van der Waals surface area contributed by atoms with Gasteiger partial charge in [0, 0.05) is 11.6 Å². The molecule has 1 atom stereocenters. The number of anilines is 1. The van der Waals surface area contributed by atoms with E-state index in [1.54, 1.807) is 6.07 Å². The lowest BCUT2D eigenvalue weighted by atomic mass is 9.98. The van der Waals surface area contributed by atoms with E-state index < -0.39 is 5.97 Å². The molecule has 5 heteroatoms. The van der Waals surface area contributed by atoms with Gasteiger partial charge < -0.3 is 15.2 Å². The van der Waals surface area contributed by atoms with Gasteiger partial charge in [0.05, 0.1) is 7.11 Å². The second-order valence-electron chi connectivity index (χ2n) is 5.24. The first-order chi connectivity index (χ1) is 9.35. The van der Waals surface area contributed by atoms with Crippen LogP contribution in [0.5, 0.6) is 5.75 Å². The van der Waals surface area contributed by atoms with E-state index in [1.165, 1.54) is 19.2 Å². The number of phenolic OH excluding ortho intramolecular Hbond substituents is 1. The van der Waals surface area contributed by atoms with Crippen LogP contribution in [0.25, 0.3) is 0 Å². The summed E-state index contributed by atoms with van der Waals surface area (Å²) in [6.07, 6.45) is 0.785. The molecule has 1 rings (SSSR count). The number of esters is 1. The van der Waals surface area contributed by atoms with E-state index >= 15 is 0 Å². The first-order valence-electron chi connectivity index (χ1n) is 6.57. The second kappa shape index (κ2) is 6.93. The fourth-order valence-corrected chi connectivity index (χ4v) is 1.97. The lowest BCUT2D eigenvalue weighted by Crippen LogP contribution is -2.21. The van der Waals surface area contributed by atoms with E-state index in [0.717, 1.165) is 6.42 Å². The molecule has 0 spiro atoms. The van der Waals surface area contributed by atoms with Gasteiger partial charge in [-0.1, -0.05) is 20.8 Å². The van der Waals surface area contributed by atoms with Crippen LogP contribution in [-0.2, 0) is 9.53 Å². The molecule has 0 aromatic heterocycles. The lowest BCUT2D eigenvalue weighted by Gasteiger charge is -2.14. The van der Waals surface area contributed by atoms with Gasteiger partial charge in [0.15, 0.2) is 0 Å². The number of hydrogen-bond donors (Lipinski definition) is 2. The summed E-state index contributed by atoms with van der Waals surface area (Å²) in [6.45, 7) is 5.97. The van der Waals surface area contributed by atoms with Crippen LogP contribution in [0.1, 0.15) is 37.6 Å². The topological polar surface area (TPSA) is 75.6 Å². The smallest absolute Gasteiger partial charge is 0.341 e. The summed E-state index contributed by atoms with van der Waals surface area (Å²) in [5.41, 5.74) is 0.491. The third-order valence-corrected chi connectivity index (χ3v) is 2.94. The molecular formula is C15H21NO4. The minimum absolute atomic E-state index is 0.0295. The van der Waals surface area contributed by atoms with E-state index in [4.69, 9.17) is 0 Å². The number of ether oxygens (including phenoxy) is 1. The van der Waals surface area contributed by atoms with Gasteiger partial charge in [-0.05, 0) is 30.5 Å². The highest BCUT2D eigenvalue weighted by Gasteiger charge is 2.17. The first kappa shape index (κ1) is 16.0. The Bertz CT molecular complexity index is 497. The van der Waals surface area contributed by atoms with Crippen molar-refractivity contribution in [2.75, 3.05) is 12.4 Å². The molecule has 0 heterocycles. The average Bonchev–Trinajstić information content (AvgIpc) is 2.39. The molecule has 0 aliphatic rings. The minimum Gasteiger partial charge on any atom is -0.507 e. The number of rotatable bonds is 5. The lowest BCUT2D eigenvalue weighted by molar-refractivity contribution is -0.119. The Hall–Kier alpha value is -2.04. The third kappa shape index (κ3) is 4.26. The Balaban J connectivity index is 2.83. The predicted molar refractivity (Wildman–Crippen MR) is 76.7 cm³/mol. The third-order valence-electron chi connectivity index (χ3n) is 2.94. The van der Waals surface area contributed by atoms with Crippen molar-refractivity contribution in [2.45, 2.75) is 27.2 Å². The summed E-state index contributed by atoms with van der Waals surface area (Å²) in [5, 5.41) is 12.3. The zero-order valence-electron chi connectivity index (χ0n) is 12.3. The molecule has 1 aromatic carbocycles. The molecule has 0 aliphatic heterocycles. The molecule has 5 nitrogen and oxygen atoms in total. The van der Waals surface area contributed by atoms with Crippen molar-refractivity contribution in [3.63, 3.8) is 0 Å². The van der Waals surface area contributed by atoms with Crippen molar-refractivity contribution in [3.05, 3.63) is 23.8 Å². The quantitative estimate of drug-likeness (QED) is 0.642. The van der Waals surface area contributed by atoms with Crippen molar-refractivity contribution in [2.24, 2.45) is 11.8 Å². The fraction of sp³-hybridized carbons (Fsp3) is 0.467. The number of benzene rings is 1. The number of carbonyl (C=O) groups excluding carboxylic acids is 2. The molecule has 0 fully saturated rings. The molecule has 1 unspecified atom stereocenters. The van der Waals surface area contributed by atoms with Crippen molar-refractivity contribution in [1.82, 2.24) is 0 Å². The van der Waals surface area contributed by atoms with Crippen LogP contribution in [0.4, 0.5) is 5.69 Å². The molecule has 1 amide bonds. The second-order valence-corrected chi connectivity index (χ2v) is 5.24. The highest BCUT2D eigenvalue weighted by atomic mass is 16.5. The molecule has 20 heavy (non-hydrogen) atoms. The van der Waals surface area contributed by atoms with E-state index in [1.807, 2.05) is 6.92 Å². The molecule has 1 aromatic rings. The molecule has 110 valence electrons. The van der Waals surface area contributed by atoms with Gasteiger partial charge >= 0.3 is 5.97 Å². The normalized spacial score (nSPS) is 12.1. The van der Waals surface area contributed by atoms with Gasteiger partial charge in [0.2, 0.25) is 5.91 Å². The summed E-state index contributed by atoms with van der Waals surface area (Å²) < 4.78 is 4.57. The van der Waals surface area contributed by atoms with Crippen LogP contribution in [0.2, 0.25) is 0 Å². The maximum atomic E-state index is 12.0. The molecule has 0 bridgehead atoms. The predicted octanol–water partition coefficient (Wildman–Crippen LogP) is 2.80. The van der Waals surface area contributed by atoms with Crippen molar-refractivity contribution in [1.29, 1.82) is 0 Å². The summed E-state index contributed by atoms with van der Waals surface area (Å²) >= 11 is 0. The SMILES string of the molecule is COC(=O)c1cc(NC(=O)C(C)CC(C)C)ccc1O. The fourth-order valence-electron chi connectivity index (χ4n) is 1.97. The Morgan fingerprint density at radius 2 is 1.95 bits per heavy atom. The van der Waals surface area contributed by atoms with Gasteiger partial charge in [-0.3, -0.25) is 4.79 Å². The maximum absolute atomic E-state index is 12.0. The highest BCUT2D eigenvalue weighted by molar-refractivity contribution is 5.96. The van der Waals surface area contributed by atoms with Crippen LogP contribution < -0.4 is 5.32 Å². The highest BCUT2D eigenvalue weighted by Crippen LogP contribution is 2.23. The van der Waals surface area contributed by atoms with Crippen LogP contribution in [0.3, 0.4) is 0 Å². The van der Waals surface area contributed by atoms with E-state index in [9.17, 15) is 14.7 Å². The number of phenols is 1. The Kier molecular flexibility index (Phi) is 5.55. The summed E-state index contributed by atoms with van der Waals surface area (Å²) in [6, 6.07) is 4.30. The van der Waals surface area contributed by atoms with Gasteiger partial charge in [0.25, 0.3) is 0 Å². The van der Waals surface area contributed by atoms with Gasteiger partial charge in [0.1, 0.15) is 11.3 Å². The van der Waals surface area contributed by atoms with Crippen LogP contribution >= 0.6 is 0 Å². The molecule has 0 radical (unpaired) electrons. The van der Waals surface area contributed by atoms with Gasteiger partial charge in [-0.15, -0.1) is 0 Å². The summed E-state index contributed by atoms with van der Waals surface area (Å²) in [7, 11) is 1.23. The molecule has 0 saturated carbocycles. The zero-order valence-corrected chi connectivity index (χ0v) is 12.3. The molecular weight excluding hydrogens is 258 g/mol. The number of amides is 1.